The number of aromatic nitrogens is 3. The van der Waals surface area contributed by atoms with E-state index in [1.165, 1.54) is 6.07 Å². The monoisotopic (exact) mass is 321 g/mol. The van der Waals surface area contributed by atoms with Gasteiger partial charge in [-0.1, -0.05) is 12.1 Å². The molecule has 0 unspecified atom stereocenters. The lowest BCUT2D eigenvalue weighted by Gasteiger charge is -1.99. The second kappa shape index (κ2) is 4.98. The molecule has 0 bridgehead atoms. The Kier molecular flexibility index (Phi) is 2.92. The van der Waals surface area contributed by atoms with Crippen molar-refractivity contribution in [2.24, 2.45) is 7.05 Å². The van der Waals surface area contributed by atoms with E-state index in [0.29, 0.717) is 22.8 Å². The Morgan fingerprint density at radius 3 is 2.88 bits per heavy atom. The second-order valence-corrected chi connectivity index (χ2v) is 5.38. The predicted octanol–water partition coefficient (Wildman–Crippen LogP) is 2.37. The van der Waals surface area contributed by atoms with Crippen molar-refractivity contribution in [3.63, 3.8) is 0 Å². The lowest BCUT2D eigenvalue weighted by molar-refractivity contribution is -0.385. The second-order valence-electron chi connectivity index (χ2n) is 5.38. The van der Waals surface area contributed by atoms with E-state index in [2.05, 4.69) is 15.3 Å². The number of nitro groups is 1. The minimum absolute atomic E-state index is 0.166. The maximum Gasteiger partial charge on any atom is 0.288 e. The lowest BCUT2D eigenvalue weighted by Crippen LogP contribution is -2.04. The van der Waals surface area contributed by atoms with Crippen LogP contribution in [-0.2, 0) is 11.8 Å². The molecule has 1 N–H and O–H groups in total. The SMILES string of the molecule is Cn1c(C=C2C(=O)Nc3ncc([N+](=O)[O-])cc32)nc2ccccc21. The highest BCUT2D eigenvalue weighted by molar-refractivity contribution is 6.34. The van der Waals surface area contributed by atoms with Crippen LogP contribution in [0.3, 0.4) is 0 Å². The minimum Gasteiger partial charge on any atom is -0.328 e. The van der Waals surface area contributed by atoms with E-state index in [4.69, 9.17) is 0 Å². The Balaban J connectivity index is 1.89. The van der Waals surface area contributed by atoms with Crippen LogP contribution in [0.25, 0.3) is 22.7 Å². The average Bonchev–Trinajstić information content (AvgIpc) is 3.05. The van der Waals surface area contributed by atoms with Gasteiger partial charge >= 0.3 is 0 Å². The van der Waals surface area contributed by atoms with Gasteiger partial charge < -0.3 is 9.88 Å². The van der Waals surface area contributed by atoms with Gasteiger partial charge in [-0.05, 0) is 18.2 Å². The van der Waals surface area contributed by atoms with Crippen LogP contribution < -0.4 is 5.32 Å². The van der Waals surface area contributed by atoms with Gasteiger partial charge in [-0.2, -0.15) is 0 Å². The van der Waals surface area contributed by atoms with E-state index >= 15 is 0 Å². The van der Waals surface area contributed by atoms with Gasteiger partial charge in [0.25, 0.3) is 11.6 Å². The molecular weight excluding hydrogens is 310 g/mol. The molecule has 0 atom stereocenters. The molecule has 118 valence electrons. The average molecular weight is 321 g/mol. The number of anilines is 1. The van der Waals surface area contributed by atoms with E-state index in [0.717, 1.165) is 17.2 Å². The fourth-order valence-corrected chi connectivity index (χ4v) is 2.72. The third-order valence-electron chi connectivity index (χ3n) is 3.95. The van der Waals surface area contributed by atoms with E-state index in [1.807, 2.05) is 35.9 Å². The molecule has 0 saturated heterocycles. The molecule has 0 spiro atoms. The van der Waals surface area contributed by atoms with Gasteiger partial charge in [0, 0.05) is 18.7 Å². The predicted molar refractivity (Wildman–Crippen MR) is 88.1 cm³/mol. The molecule has 0 fully saturated rings. The number of imidazole rings is 1. The Labute approximate surface area is 135 Å². The van der Waals surface area contributed by atoms with E-state index in [9.17, 15) is 14.9 Å². The van der Waals surface area contributed by atoms with Crippen molar-refractivity contribution in [3.8, 4) is 0 Å². The third kappa shape index (κ3) is 2.04. The van der Waals surface area contributed by atoms with Crippen molar-refractivity contribution in [1.82, 2.24) is 14.5 Å². The standard InChI is InChI=1S/C16H11N5O3/c1-20-13-5-3-2-4-12(13)18-14(20)7-11-10-6-9(21(23)24)8-17-15(10)19-16(11)22/h2-8H,1H3,(H,17,19,22). The highest BCUT2D eigenvalue weighted by atomic mass is 16.6. The van der Waals surface area contributed by atoms with Crippen molar-refractivity contribution in [2.45, 2.75) is 0 Å². The molecule has 8 heteroatoms. The Bertz CT molecular complexity index is 1050. The molecule has 0 saturated carbocycles. The molecule has 3 aromatic rings. The van der Waals surface area contributed by atoms with Crippen LogP contribution in [0.1, 0.15) is 11.4 Å². The third-order valence-corrected chi connectivity index (χ3v) is 3.95. The first-order valence-corrected chi connectivity index (χ1v) is 7.14. The molecule has 1 aliphatic rings. The fourth-order valence-electron chi connectivity index (χ4n) is 2.72. The number of hydrogen-bond donors (Lipinski definition) is 1. The van der Waals surface area contributed by atoms with Gasteiger partial charge in [-0.25, -0.2) is 9.97 Å². The van der Waals surface area contributed by atoms with Crippen LogP contribution in [0.4, 0.5) is 11.5 Å². The van der Waals surface area contributed by atoms with Gasteiger partial charge in [0.1, 0.15) is 17.8 Å². The van der Waals surface area contributed by atoms with Crippen molar-refractivity contribution in [2.75, 3.05) is 5.32 Å². The number of carbonyl (C=O) groups is 1. The number of pyridine rings is 1. The van der Waals surface area contributed by atoms with Gasteiger partial charge in [0.2, 0.25) is 0 Å². The van der Waals surface area contributed by atoms with Gasteiger partial charge in [-0.3, -0.25) is 14.9 Å². The van der Waals surface area contributed by atoms with Crippen LogP contribution in [0.2, 0.25) is 0 Å². The highest BCUT2D eigenvalue weighted by Gasteiger charge is 2.28. The number of hydrogen-bond acceptors (Lipinski definition) is 5. The first-order chi connectivity index (χ1) is 11.5. The molecule has 24 heavy (non-hydrogen) atoms. The number of carbonyl (C=O) groups excluding carboxylic acids is 1. The molecule has 0 radical (unpaired) electrons. The first kappa shape index (κ1) is 14.1. The molecule has 4 rings (SSSR count). The van der Waals surface area contributed by atoms with E-state index in [-0.39, 0.29) is 11.6 Å². The quantitative estimate of drug-likeness (QED) is 0.443. The number of amides is 1. The Morgan fingerprint density at radius 1 is 1.33 bits per heavy atom. The van der Waals surface area contributed by atoms with Crippen molar-refractivity contribution < 1.29 is 9.72 Å². The summed E-state index contributed by atoms with van der Waals surface area (Å²) in [5, 5.41) is 13.6. The molecule has 1 amide bonds. The molecular formula is C16H11N5O3. The molecule has 8 nitrogen and oxygen atoms in total. The van der Waals surface area contributed by atoms with Crippen LogP contribution in [0.15, 0.2) is 36.5 Å². The summed E-state index contributed by atoms with van der Waals surface area (Å²) in [5.41, 5.74) is 2.28. The molecule has 1 aliphatic heterocycles. The van der Waals surface area contributed by atoms with E-state index < -0.39 is 4.92 Å². The molecule has 0 aliphatic carbocycles. The van der Waals surface area contributed by atoms with Crippen molar-refractivity contribution >= 4 is 40.1 Å². The van der Waals surface area contributed by atoms with Gasteiger partial charge in [0.15, 0.2) is 0 Å². The Morgan fingerprint density at radius 2 is 2.12 bits per heavy atom. The Hall–Kier alpha value is -3.55. The highest BCUT2D eigenvalue weighted by Crippen LogP contribution is 2.33. The number of rotatable bonds is 2. The molecule has 3 heterocycles. The number of fused-ring (bicyclic) bond motifs is 2. The zero-order chi connectivity index (χ0) is 16.8. The van der Waals surface area contributed by atoms with Crippen molar-refractivity contribution in [1.29, 1.82) is 0 Å². The largest absolute Gasteiger partial charge is 0.328 e. The van der Waals surface area contributed by atoms with E-state index in [1.54, 1.807) is 6.08 Å². The summed E-state index contributed by atoms with van der Waals surface area (Å²) in [5.74, 6) is 0.543. The normalized spacial score (nSPS) is 14.9. The number of para-hydroxylation sites is 2. The summed E-state index contributed by atoms with van der Waals surface area (Å²) in [6.07, 6.45) is 2.74. The number of aryl methyl sites for hydroxylation is 1. The number of benzene rings is 1. The summed E-state index contributed by atoms with van der Waals surface area (Å²) in [4.78, 5) is 31.1. The maximum absolute atomic E-state index is 12.2. The van der Waals surface area contributed by atoms with Crippen molar-refractivity contribution in [3.05, 3.63) is 58.0 Å². The van der Waals surface area contributed by atoms with Crippen LogP contribution in [0, 0.1) is 10.1 Å². The summed E-state index contributed by atoms with van der Waals surface area (Å²) in [7, 11) is 1.85. The number of nitrogens with zero attached hydrogens (tertiary/aromatic N) is 4. The summed E-state index contributed by atoms with van der Waals surface area (Å²) in [6, 6.07) is 8.95. The zero-order valence-electron chi connectivity index (χ0n) is 12.6. The molecule has 1 aromatic carbocycles. The minimum atomic E-state index is -0.539. The molecule has 2 aromatic heterocycles. The zero-order valence-corrected chi connectivity index (χ0v) is 12.6. The van der Waals surface area contributed by atoms with Gasteiger partial charge in [-0.15, -0.1) is 0 Å². The maximum atomic E-state index is 12.2. The fraction of sp³-hybridized carbons (Fsp3) is 0.0625. The van der Waals surface area contributed by atoms with Crippen LogP contribution in [-0.4, -0.2) is 25.4 Å². The smallest absolute Gasteiger partial charge is 0.288 e. The topological polar surface area (TPSA) is 103 Å². The summed E-state index contributed by atoms with van der Waals surface area (Å²) >= 11 is 0. The summed E-state index contributed by atoms with van der Waals surface area (Å²) in [6.45, 7) is 0. The van der Waals surface area contributed by atoms with Crippen LogP contribution >= 0.6 is 0 Å². The number of nitrogens with one attached hydrogen (secondary N) is 1. The first-order valence-electron chi connectivity index (χ1n) is 7.14. The lowest BCUT2D eigenvalue weighted by atomic mass is 10.1. The van der Waals surface area contributed by atoms with Crippen LogP contribution in [0.5, 0.6) is 0 Å². The summed E-state index contributed by atoms with van der Waals surface area (Å²) < 4.78 is 1.86. The van der Waals surface area contributed by atoms with Gasteiger partial charge in [0.05, 0.1) is 21.5 Å².